The average molecular weight is 389 g/mol. The number of rotatable bonds is 1. The van der Waals surface area contributed by atoms with Crippen LogP contribution in [0.4, 0.5) is 0 Å². The molecule has 5 rings (SSSR count). The van der Waals surface area contributed by atoms with Gasteiger partial charge in [0.1, 0.15) is 24.0 Å². The molecule has 1 fully saturated rings. The molecule has 3 aliphatic heterocycles. The first-order valence-corrected chi connectivity index (χ1v) is 9.46. The van der Waals surface area contributed by atoms with Crippen molar-refractivity contribution >= 4 is 11.9 Å². The lowest BCUT2D eigenvalue weighted by Crippen LogP contribution is -2.58. The molecule has 146 valence electrons. The Balaban J connectivity index is 1.72. The van der Waals surface area contributed by atoms with Crippen LogP contribution in [0.25, 0.3) is 11.1 Å². The number of guanidine groups is 1. The number of nitriles is 1. The Morgan fingerprint density at radius 3 is 2.93 bits per heavy atom. The lowest BCUT2D eigenvalue weighted by Gasteiger charge is -2.45. The van der Waals surface area contributed by atoms with Crippen LogP contribution in [0.5, 0.6) is 5.75 Å². The van der Waals surface area contributed by atoms with Crippen molar-refractivity contribution in [2.24, 2.45) is 10.7 Å². The maximum atomic E-state index is 13.4. The minimum atomic E-state index is -1.27. The molecule has 8 nitrogen and oxygen atoms in total. The lowest BCUT2D eigenvalue weighted by atomic mass is 9.76. The van der Waals surface area contributed by atoms with E-state index in [-0.39, 0.29) is 18.0 Å². The van der Waals surface area contributed by atoms with E-state index in [0.29, 0.717) is 23.5 Å². The molecule has 1 amide bonds. The molecule has 0 radical (unpaired) electrons. The first-order chi connectivity index (χ1) is 14.0. The first kappa shape index (κ1) is 17.6. The number of benzene rings is 1. The third kappa shape index (κ3) is 2.44. The Morgan fingerprint density at radius 1 is 1.31 bits per heavy atom. The number of carbonyl (C=O) groups is 1. The summed E-state index contributed by atoms with van der Waals surface area (Å²) in [5.74, 6) is 0.539. The van der Waals surface area contributed by atoms with E-state index in [9.17, 15) is 10.1 Å². The van der Waals surface area contributed by atoms with Gasteiger partial charge < -0.3 is 15.2 Å². The summed E-state index contributed by atoms with van der Waals surface area (Å²) < 4.78 is 12.2. The predicted molar refractivity (Wildman–Crippen MR) is 104 cm³/mol. The second-order valence-electron chi connectivity index (χ2n) is 7.48. The van der Waals surface area contributed by atoms with Crippen molar-refractivity contribution in [3.63, 3.8) is 0 Å². The number of hydrogen-bond donors (Lipinski definition) is 1. The number of ether oxygens (including phenoxy) is 2. The highest BCUT2D eigenvalue weighted by atomic mass is 16.5. The molecule has 1 saturated heterocycles. The highest BCUT2D eigenvalue weighted by Crippen LogP contribution is 2.49. The lowest BCUT2D eigenvalue weighted by molar-refractivity contribution is -0.151. The fraction of sp³-hybridized carbons (Fsp3) is 0.333. The van der Waals surface area contributed by atoms with Gasteiger partial charge in [0.15, 0.2) is 5.96 Å². The number of hydrogen-bond acceptors (Lipinski definition) is 7. The highest BCUT2D eigenvalue weighted by molar-refractivity contribution is 6.08. The molecule has 1 spiro atoms. The van der Waals surface area contributed by atoms with Gasteiger partial charge in [0, 0.05) is 37.2 Å². The fourth-order valence-electron chi connectivity index (χ4n) is 4.37. The molecule has 0 aliphatic carbocycles. The minimum absolute atomic E-state index is 0.161. The van der Waals surface area contributed by atoms with Crippen LogP contribution in [-0.2, 0) is 15.1 Å². The predicted octanol–water partition coefficient (Wildman–Crippen LogP) is 1.54. The van der Waals surface area contributed by atoms with Crippen LogP contribution in [0.15, 0.2) is 41.7 Å². The number of aromatic nitrogens is 1. The SMILES string of the molecule is CN1C(=O)C2(N=C1N)c1cc(-c3cncc(C#N)c3)ccc1OC1CCCOC12. The van der Waals surface area contributed by atoms with Crippen LogP contribution in [0.1, 0.15) is 24.0 Å². The Bertz CT molecular complexity index is 1090. The number of amides is 1. The second-order valence-corrected chi connectivity index (χ2v) is 7.48. The molecule has 1 aromatic heterocycles. The van der Waals surface area contributed by atoms with Crippen molar-refractivity contribution in [3.05, 3.63) is 47.8 Å². The van der Waals surface area contributed by atoms with Crippen LogP contribution >= 0.6 is 0 Å². The summed E-state index contributed by atoms with van der Waals surface area (Å²) in [6.07, 6.45) is 4.03. The third-order valence-electron chi connectivity index (χ3n) is 5.81. The normalized spacial score (nSPS) is 27.7. The summed E-state index contributed by atoms with van der Waals surface area (Å²) >= 11 is 0. The molecule has 1 aromatic carbocycles. The number of nitrogens with zero attached hydrogens (tertiary/aromatic N) is 4. The molecule has 2 aromatic rings. The van der Waals surface area contributed by atoms with Gasteiger partial charge in [-0.1, -0.05) is 6.07 Å². The number of carbonyl (C=O) groups excluding carboxylic acids is 1. The Morgan fingerprint density at radius 2 is 2.17 bits per heavy atom. The largest absolute Gasteiger partial charge is 0.487 e. The van der Waals surface area contributed by atoms with E-state index in [1.165, 1.54) is 11.1 Å². The summed E-state index contributed by atoms with van der Waals surface area (Å²) in [4.78, 5) is 23.5. The smallest absolute Gasteiger partial charge is 0.264 e. The molecule has 29 heavy (non-hydrogen) atoms. The zero-order chi connectivity index (χ0) is 20.2. The number of fused-ring (bicyclic) bond motifs is 4. The standard InChI is InChI=1S/C21H19N5O3/c1-26-19(27)21(25-20(26)23)15-8-13(14-7-12(9-22)10-24-11-14)4-5-16(15)29-17-3-2-6-28-18(17)21/h4-5,7-8,10-11,17-18H,2-3,6H2,1H3,(H2,23,25). The van der Waals surface area contributed by atoms with Crippen molar-refractivity contribution in [3.8, 4) is 22.9 Å². The summed E-state index contributed by atoms with van der Waals surface area (Å²) in [6, 6.07) is 9.46. The monoisotopic (exact) mass is 389 g/mol. The van der Waals surface area contributed by atoms with Gasteiger partial charge in [0.05, 0.1) is 5.56 Å². The van der Waals surface area contributed by atoms with Crippen molar-refractivity contribution < 1.29 is 14.3 Å². The summed E-state index contributed by atoms with van der Waals surface area (Å²) in [5, 5.41) is 9.18. The van der Waals surface area contributed by atoms with Gasteiger partial charge in [0.2, 0.25) is 5.54 Å². The maximum absolute atomic E-state index is 13.4. The molecular formula is C21H19N5O3. The molecule has 3 unspecified atom stereocenters. The average Bonchev–Trinajstić information content (AvgIpc) is 2.98. The molecular weight excluding hydrogens is 370 g/mol. The van der Waals surface area contributed by atoms with Gasteiger partial charge in [-0.05, 0) is 36.6 Å². The van der Waals surface area contributed by atoms with E-state index in [1.807, 2.05) is 18.2 Å². The molecule has 0 bridgehead atoms. The fourth-order valence-corrected chi connectivity index (χ4v) is 4.37. The molecule has 0 saturated carbocycles. The van der Waals surface area contributed by atoms with Gasteiger partial charge in [0.25, 0.3) is 5.91 Å². The van der Waals surface area contributed by atoms with Crippen LogP contribution in [0, 0.1) is 11.3 Å². The summed E-state index contributed by atoms with van der Waals surface area (Å²) in [5.41, 5.74) is 7.44. The number of likely N-dealkylation sites (N-methyl/N-ethyl adjacent to an activating group) is 1. The zero-order valence-electron chi connectivity index (χ0n) is 15.8. The molecule has 3 aliphatic rings. The van der Waals surface area contributed by atoms with Crippen LogP contribution in [0.3, 0.4) is 0 Å². The third-order valence-corrected chi connectivity index (χ3v) is 5.81. The second kappa shape index (κ2) is 6.29. The van der Waals surface area contributed by atoms with Gasteiger partial charge in [-0.2, -0.15) is 5.26 Å². The van der Waals surface area contributed by atoms with Crippen LogP contribution in [0.2, 0.25) is 0 Å². The zero-order valence-corrected chi connectivity index (χ0v) is 15.8. The topological polar surface area (TPSA) is 114 Å². The van der Waals surface area contributed by atoms with E-state index < -0.39 is 11.6 Å². The van der Waals surface area contributed by atoms with E-state index >= 15 is 0 Å². The Hall–Kier alpha value is -3.44. The van der Waals surface area contributed by atoms with E-state index in [4.69, 9.17) is 15.2 Å². The van der Waals surface area contributed by atoms with Crippen molar-refractivity contribution in [1.82, 2.24) is 9.88 Å². The van der Waals surface area contributed by atoms with Crippen molar-refractivity contribution in [2.45, 2.75) is 30.6 Å². The molecule has 3 atom stereocenters. The highest BCUT2D eigenvalue weighted by Gasteiger charge is 2.61. The maximum Gasteiger partial charge on any atom is 0.264 e. The van der Waals surface area contributed by atoms with E-state index in [1.54, 1.807) is 19.3 Å². The Labute approximate surface area is 167 Å². The number of pyridine rings is 1. The van der Waals surface area contributed by atoms with E-state index in [2.05, 4.69) is 16.0 Å². The molecule has 2 N–H and O–H groups in total. The first-order valence-electron chi connectivity index (χ1n) is 9.46. The summed E-state index contributed by atoms with van der Waals surface area (Å²) in [7, 11) is 1.62. The van der Waals surface area contributed by atoms with Gasteiger partial charge in [-0.25, -0.2) is 4.99 Å². The van der Waals surface area contributed by atoms with Crippen molar-refractivity contribution in [2.75, 3.05) is 13.7 Å². The minimum Gasteiger partial charge on any atom is -0.487 e. The van der Waals surface area contributed by atoms with Gasteiger partial charge >= 0.3 is 0 Å². The molecule has 4 heterocycles. The van der Waals surface area contributed by atoms with Crippen LogP contribution < -0.4 is 10.5 Å². The van der Waals surface area contributed by atoms with Crippen molar-refractivity contribution in [1.29, 1.82) is 5.26 Å². The Kier molecular flexibility index (Phi) is 3.83. The van der Waals surface area contributed by atoms with Gasteiger partial charge in [-0.15, -0.1) is 0 Å². The van der Waals surface area contributed by atoms with E-state index in [0.717, 1.165) is 24.0 Å². The number of nitrogens with two attached hydrogens (primary N) is 1. The number of aliphatic imine (C=N–C) groups is 1. The summed E-state index contributed by atoms with van der Waals surface area (Å²) in [6.45, 7) is 0.544. The van der Waals surface area contributed by atoms with Gasteiger partial charge in [-0.3, -0.25) is 14.7 Å². The molecule has 8 heteroatoms. The van der Waals surface area contributed by atoms with Crippen LogP contribution in [-0.4, -0.2) is 47.6 Å². The quantitative estimate of drug-likeness (QED) is 0.791.